The summed E-state index contributed by atoms with van der Waals surface area (Å²) in [4.78, 5) is 12.5. The van der Waals surface area contributed by atoms with E-state index in [1.807, 2.05) is 10.9 Å². The van der Waals surface area contributed by atoms with Crippen LogP contribution in [0.1, 0.15) is 49.8 Å². The summed E-state index contributed by atoms with van der Waals surface area (Å²) in [6, 6.07) is 0.00584. The fourth-order valence-corrected chi connectivity index (χ4v) is 6.23. The molecule has 0 spiro atoms. The molecule has 0 saturated heterocycles. The number of hydrogen-bond acceptors (Lipinski definition) is 3. The molecular formula is C19H28N4O2. The number of rotatable bonds is 4. The Kier molecular flexibility index (Phi) is 3.77. The van der Waals surface area contributed by atoms with Crippen LogP contribution in [0.2, 0.25) is 0 Å². The van der Waals surface area contributed by atoms with Gasteiger partial charge in [0.2, 0.25) is 0 Å². The minimum atomic E-state index is 0.00584. The van der Waals surface area contributed by atoms with Gasteiger partial charge < -0.3 is 15.4 Å². The molecule has 4 bridgehead atoms. The zero-order valence-electron chi connectivity index (χ0n) is 14.8. The van der Waals surface area contributed by atoms with Crippen molar-refractivity contribution in [2.24, 2.45) is 17.8 Å². The molecule has 6 rings (SSSR count). The van der Waals surface area contributed by atoms with Crippen LogP contribution < -0.4 is 10.6 Å². The minimum absolute atomic E-state index is 0.00584. The lowest BCUT2D eigenvalue weighted by Crippen LogP contribution is -2.61. The van der Waals surface area contributed by atoms with Gasteiger partial charge in [0, 0.05) is 29.8 Å². The lowest BCUT2D eigenvalue weighted by atomic mass is 9.53. The number of ether oxygens (including phenoxy) is 1. The van der Waals surface area contributed by atoms with Gasteiger partial charge in [0.1, 0.15) is 0 Å². The molecule has 5 aliphatic rings. The smallest absolute Gasteiger partial charge is 0.315 e. The molecule has 1 aliphatic heterocycles. The number of carbonyl (C=O) groups excluding carboxylic acids is 1. The lowest BCUT2D eigenvalue weighted by Gasteiger charge is -2.56. The summed E-state index contributed by atoms with van der Waals surface area (Å²) in [5.74, 6) is 2.55. The second kappa shape index (κ2) is 6.01. The van der Waals surface area contributed by atoms with Gasteiger partial charge in [-0.15, -0.1) is 0 Å². The Bertz CT molecular complexity index is 633. The molecule has 6 heteroatoms. The third-order valence-electron chi connectivity index (χ3n) is 6.80. The van der Waals surface area contributed by atoms with E-state index in [0.29, 0.717) is 13.2 Å². The van der Waals surface area contributed by atoms with Crippen molar-refractivity contribution in [1.82, 2.24) is 20.4 Å². The second-order valence-corrected chi connectivity index (χ2v) is 8.72. The van der Waals surface area contributed by atoms with Crippen molar-refractivity contribution in [1.29, 1.82) is 0 Å². The molecule has 1 aromatic rings. The van der Waals surface area contributed by atoms with Crippen molar-refractivity contribution in [3.05, 3.63) is 17.5 Å². The van der Waals surface area contributed by atoms with Crippen molar-refractivity contribution >= 4 is 6.03 Å². The number of aromatic nitrogens is 2. The van der Waals surface area contributed by atoms with Crippen LogP contribution >= 0.6 is 0 Å². The predicted octanol–water partition coefficient (Wildman–Crippen LogP) is 2.22. The van der Waals surface area contributed by atoms with Gasteiger partial charge in [-0.3, -0.25) is 4.68 Å². The molecule has 4 fully saturated rings. The van der Waals surface area contributed by atoms with Gasteiger partial charge >= 0.3 is 6.03 Å². The first-order valence-electron chi connectivity index (χ1n) is 9.86. The molecule has 2 heterocycles. The Morgan fingerprint density at radius 3 is 2.68 bits per heavy atom. The highest BCUT2D eigenvalue weighted by molar-refractivity contribution is 5.74. The van der Waals surface area contributed by atoms with Crippen molar-refractivity contribution in [2.45, 2.75) is 63.6 Å². The molecule has 0 atom stereocenters. The first-order chi connectivity index (χ1) is 12.2. The standard InChI is InChI=1S/C19H28N4O2/c24-18(20-2-3-23-17-1-4-25-12-16(17)11-21-23)22-19-8-13-5-14(9-19)7-15(6-13)10-19/h11,13-15H,1-10,12H2,(H2,20,22,24). The van der Waals surface area contributed by atoms with E-state index in [2.05, 4.69) is 15.7 Å². The number of nitrogens with one attached hydrogen (secondary N) is 2. The average molecular weight is 344 g/mol. The highest BCUT2D eigenvalue weighted by atomic mass is 16.5. The van der Waals surface area contributed by atoms with Crippen LogP contribution in [0, 0.1) is 17.8 Å². The van der Waals surface area contributed by atoms with Crippen LogP contribution in [0.15, 0.2) is 6.20 Å². The van der Waals surface area contributed by atoms with E-state index in [1.54, 1.807) is 0 Å². The van der Waals surface area contributed by atoms with Gasteiger partial charge in [-0.05, 0) is 56.3 Å². The summed E-state index contributed by atoms with van der Waals surface area (Å²) < 4.78 is 7.47. The topological polar surface area (TPSA) is 68.2 Å². The van der Waals surface area contributed by atoms with E-state index in [1.165, 1.54) is 49.8 Å². The van der Waals surface area contributed by atoms with E-state index in [4.69, 9.17) is 4.74 Å². The fraction of sp³-hybridized carbons (Fsp3) is 0.789. The monoisotopic (exact) mass is 344 g/mol. The number of amides is 2. The van der Waals surface area contributed by atoms with Gasteiger partial charge in [0.05, 0.1) is 26.0 Å². The van der Waals surface area contributed by atoms with Crippen LogP contribution in [-0.4, -0.2) is 34.5 Å². The molecule has 2 amide bonds. The Labute approximate surface area is 148 Å². The average Bonchev–Trinajstić information content (AvgIpc) is 2.96. The number of carbonyl (C=O) groups is 1. The highest BCUT2D eigenvalue weighted by Crippen LogP contribution is 2.55. The normalized spacial score (nSPS) is 35.4. The van der Waals surface area contributed by atoms with E-state index in [0.717, 1.165) is 37.3 Å². The first kappa shape index (κ1) is 15.7. The number of hydrogen-bond donors (Lipinski definition) is 2. The predicted molar refractivity (Wildman–Crippen MR) is 93.0 cm³/mol. The van der Waals surface area contributed by atoms with E-state index < -0.39 is 0 Å². The molecular weight excluding hydrogens is 316 g/mol. The summed E-state index contributed by atoms with van der Waals surface area (Å²) >= 11 is 0. The van der Waals surface area contributed by atoms with E-state index in [9.17, 15) is 4.79 Å². The SMILES string of the molecule is O=C(NCCn1ncc2c1CCOC2)NC12CC3CC(CC(C3)C1)C2. The lowest BCUT2D eigenvalue weighted by molar-refractivity contribution is -0.0135. The number of nitrogens with zero attached hydrogens (tertiary/aromatic N) is 2. The third-order valence-corrected chi connectivity index (χ3v) is 6.80. The molecule has 2 N–H and O–H groups in total. The van der Waals surface area contributed by atoms with Gasteiger partial charge in [-0.2, -0.15) is 5.10 Å². The van der Waals surface area contributed by atoms with Crippen molar-refractivity contribution < 1.29 is 9.53 Å². The molecule has 0 radical (unpaired) electrons. The van der Waals surface area contributed by atoms with Crippen molar-refractivity contribution in [2.75, 3.05) is 13.2 Å². The van der Waals surface area contributed by atoms with Crippen LogP contribution in [0.3, 0.4) is 0 Å². The third kappa shape index (κ3) is 2.94. The molecule has 4 saturated carbocycles. The summed E-state index contributed by atoms with van der Waals surface area (Å²) in [5.41, 5.74) is 2.53. The molecule has 136 valence electrons. The fourth-order valence-electron chi connectivity index (χ4n) is 6.23. The van der Waals surface area contributed by atoms with E-state index >= 15 is 0 Å². The van der Waals surface area contributed by atoms with Crippen molar-refractivity contribution in [3.63, 3.8) is 0 Å². The van der Waals surface area contributed by atoms with Gasteiger partial charge in [-0.1, -0.05) is 0 Å². The second-order valence-electron chi connectivity index (χ2n) is 8.72. The van der Waals surface area contributed by atoms with Crippen LogP contribution in [0.4, 0.5) is 4.79 Å². The maximum Gasteiger partial charge on any atom is 0.315 e. The van der Waals surface area contributed by atoms with Gasteiger partial charge in [-0.25, -0.2) is 4.79 Å². The summed E-state index contributed by atoms with van der Waals surface area (Å²) in [6.07, 6.45) is 10.6. The molecule has 6 nitrogen and oxygen atoms in total. The van der Waals surface area contributed by atoms with Crippen molar-refractivity contribution in [3.8, 4) is 0 Å². The minimum Gasteiger partial charge on any atom is -0.376 e. The summed E-state index contributed by atoms with van der Waals surface area (Å²) in [6.45, 7) is 2.77. The quantitative estimate of drug-likeness (QED) is 0.880. The molecule has 0 unspecified atom stereocenters. The molecule has 4 aliphatic carbocycles. The maximum absolute atomic E-state index is 12.5. The molecule has 0 aromatic carbocycles. The Morgan fingerprint density at radius 2 is 1.96 bits per heavy atom. The number of urea groups is 1. The van der Waals surface area contributed by atoms with Gasteiger partial charge in [0.15, 0.2) is 0 Å². The Morgan fingerprint density at radius 1 is 1.24 bits per heavy atom. The van der Waals surface area contributed by atoms with E-state index in [-0.39, 0.29) is 11.6 Å². The number of fused-ring (bicyclic) bond motifs is 1. The van der Waals surface area contributed by atoms with Gasteiger partial charge in [0.25, 0.3) is 0 Å². The van der Waals surface area contributed by atoms with Crippen LogP contribution in [0.25, 0.3) is 0 Å². The highest BCUT2D eigenvalue weighted by Gasteiger charge is 2.51. The Balaban J connectivity index is 1.15. The largest absolute Gasteiger partial charge is 0.376 e. The molecule has 25 heavy (non-hydrogen) atoms. The summed E-state index contributed by atoms with van der Waals surface area (Å²) in [7, 11) is 0. The first-order valence-corrected chi connectivity index (χ1v) is 9.86. The zero-order chi connectivity index (χ0) is 16.9. The van der Waals surface area contributed by atoms with Crippen LogP contribution in [0.5, 0.6) is 0 Å². The maximum atomic E-state index is 12.5. The summed E-state index contributed by atoms with van der Waals surface area (Å²) in [5, 5.41) is 10.9. The zero-order valence-corrected chi connectivity index (χ0v) is 14.8. The Hall–Kier alpha value is -1.56. The molecule has 1 aromatic heterocycles. The van der Waals surface area contributed by atoms with Crippen LogP contribution in [-0.2, 0) is 24.3 Å².